The predicted molar refractivity (Wildman–Crippen MR) is 98.2 cm³/mol. The maximum Gasteiger partial charge on any atom is 0.240 e. The normalized spacial score (nSPS) is 28.1. The first-order valence-corrected chi connectivity index (χ1v) is 9.60. The van der Waals surface area contributed by atoms with Gasteiger partial charge in [0.05, 0.1) is 11.8 Å². The van der Waals surface area contributed by atoms with Crippen LogP contribution in [0.4, 0.5) is 5.13 Å². The summed E-state index contributed by atoms with van der Waals surface area (Å²) in [6, 6.07) is 16.6. The van der Waals surface area contributed by atoms with Gasteiger partial charge in [-0.15, -0.1) is 11.3 Å². The molecule has 2 aromatic carbocycles. The van der Waals surface area contributed by atoms with Crippen molar-refractivity contribution in [1.82, 2.24) is 4.98 Å². The molecule has 0 spiro atoms. The number of hydrogen-bond acceptors (Lipinski definition) is 4. The minimum absolute atomic E-state index is 0.0567. The van der Waals surface area contributed by atoms with Crippen molar-refractivity contribution in [2.24, 2.45) is 11.8 Å². The number of anilines is 1. The number of hydrogen-bond donors (Lipinski definition) is 0. The molecule has 1 aromatic heterocycles. The van der Waals surface area contributed by atoms with E-state index in [1.54, 1.807) is 11.6 Å². The molecule has 2 bridgehead atoms. The van der Waals surface area contributed by atoms with Crippen molar-refractivity contribution in [3.8, 4) is 0 Å². The molecule has 4 nitrogen and oxygen atoms in total. The lowest BCUT2D eigenvalue weighted by atomic mass is 9.55. The van der Waals surface area contributed by atoms with Gasteiger partial charge in [-0.05, 0) is 22.3 Å². The van der Waals surface area contributed by atoms with Crippen molar-refractivity contribution < 1.29 is 9.59 Å². The highest BCUT2D eigenvalue weighted by Crippen LogP contribution is 2.61. The second-order valence-corrected chi connectivity index (χ2v) is 7.96. The highest BCUT2D eigenvalue weighted by atomic mass is 32.1. The topological polar surface area (TPSA) is 50.3 Å². The molecule has 3 aromatic rings. The Morgan fingerprint density at radius 1 is 0.769 bits per heavy atom. The van der Waals surface area contributed by atoms with Gasteiger partial charge < -0.3 is 0 Å². The SMILES string of the molecule is O=C1[C@@H]2C3c4ccccc4C(c4ccccc43)[C@H]2C(=O)N1c1nccs1. The molecule has 0 saturated carbocycles. The van der Waals surface area contributed by atoms with E-state index in [4.69, 9.17) is 0 Å². The summed E-state index contributed by atoms with van der Waals surface area (Å²) in [7, 11) is 0. The molecule has 26 heavy (non-hydrogen) atoms. The van der Waals surface area contributed by atoms with E-state index in [2.05, 4.69) is 29.2 Å². The standard InChI is InChI=1S/C21H14N2O2S/c24-19-17-15-11-5-1-2-6-12(11)16(14-8-4-3-7-13(14)15)18(17)20(25)23(19)21-22-9-10-26-21/h1-10,15-18H/t15?,16?,17-,18-/m1/s1. The molecule has 0 radical (unpaired) electrons. The molecule has 2 atom stereocenters. The number of aromatic nitrogens is 1. The molecule has 4 aliphatic rings. The highest BCUT2D eigenvalue weighted by molar-refractivity contribution is 7.14. The summed E-state index contributed by atoms with van der Waals surface area (Å²) < 4.78 is 0. The lowest BCUT2D eigenvalue weighted by molar-refractivity contribution is -0.122. The second-order valence-electron chi connectivity index (χ2n) is 7.09. The first-order valence-electron chi connectivity index (χ1n) is 8.72. The molecule has 3 aliphatic carbocycles. The fourth-order valence-electron chi connectivity index (χ4n) is 5.19. The monoisotopic (exact) mass is 358 g/mol. The third-order valence-corrected chi connectivity index (χ3v) is 6.82. The van der Waals surface area contributed by atoms with Crippen LogP contribution in [0.3, 0.4) is 0 Å². The zero-order chi connectivity index (χ0) is 17.4. The second kappa shape index (κ2) is 4.89. The number of rotatable bonds is 1. The molecular weight excluding hydrogens is 344 g/mol. The number of imide groups is 1. The van der Waals surface area contributed by atoms with Crippen LogP contribution in [0.2, 0.25) is 0 Å². The van der Waals surface area contributed by atoms with Crippen molar-refractivity contribution >= 4 is 28.3 Å². The Balaban J connectivity index is 1.62. The van der Waals surface area contributed by atoms with E-state index < -0.39 is 0 Å². The molecular formula is C21H14N2O2S. The molecule has 0 unspecified atom stereocenters. The smallest absolute Gasteiger partial charge is 0.240 e. The summed E-state index contributed by atoms with van der Waals surface area (Å²) in [6.07, 6.45) is 1.64. The van der Waals surface area contributed by atoms with Crippen molar-refractivity contribution in [2.45, 2.75) is 11.8 Å². The van der Waals surface area contributed by atoms with Crippen LogP contribution in [-0.4, -0.2) is 16.8 Å². The Hall–Kier alpha value is -2.79. The Bertz CT molecular complexity index is 960. The van der Waals surface area contributed by atoms with E-state index >= 15 is 0 Å². The number of thiazole rings is 1. The van der Waals surface area contributed by atoms with Crippen LogP contribution < -0.4 is 4.90 Å². The molecule has 1 aliphatic heterocycles. The molecule has 1 saturated heterocycles. The average Bonchev–Trinajstić information content (AvgIpc) is 3.29. The summed E-state index contributed by atoms with van der Waals surface area (Å²) in [4.78, 5) is 32.2. The van der Waals surface area contributed by atoms with Crippen LogP contribution in [-0.2, 0) is 9.59 Å². The fraction of sp³-hybridized carbons (Fsp3) is 0.190. The number of benzene rings is 2. The van der Waals surface area contributed by atoms with Crippen molar-refractivity contribution in [3.63, 3.8) is 0 Å². The highest BCUT2D eigenvalue weighted by Gasteiger charge is 2.62. The van der Waals surface area contributed by atoms with Crippen LogP contribution in [0.25, 0.3) is 0 Å². The maximum absolute atomic E-state index is 13.3. The lowest BCUT2D eigenvalue weighted by Gasteiger charge is -2.45. The molecule has 7 rings (SSSR count). The van der Waals surface area contributed by atoms with Crippen LogP contribution in [0.15, 0.2) is 60.1 Å². The Morgan fingerprint density at radius 2 is 1.23 bits per heavy atom. The third kappa shape index (κ3) is 1.57. The minimum Gasteiger partial charge on any atom is -0.274 e. The van der Waals surface area contributed by atoms with Crippen molar-refractivity contribution in [1.29, 1.82) is 0 Å². The Morgan fingerprint density at radius 3 is 1.62 bits per heavy atom. The molecule has 5 heteroatoms. The summed E-state index contributed by atoms with van der Waals surface area (Å²) in [6.45, 7) is 0. The Kier molecular flexibility index (Phi) is 2.70. The van der Waals surface area contributed by atoms with Gasteiger partial charge in [-0.2, -0.15) is 0 Å². The first kappa shape index (κ1) is 14.4. The predicted octanol–water partition coefficient (Wildman–Crippen LogP) is 3.54. The minimum atomic E-state index is -0.332. The third-order valence-electron chi connectivity index (χ3n) is 6.06. The number of nitrogens with zero attached hydrogens (tertiary/aromatic N) is 2. The molecule has 2 heterocycles. The zero-order valence-electron chi connectivity index (χ0n) is 13.7. The molecule has 2 amide bonds. The van der Waals surface area contributed by atoms with Gasteiger partial charge in [0.2, 0.25) is 11.8 Å². The number of carbonyl (C=O) groups excluding carboxylic acids is 2. The first-order chi connectivity index (χ1) is 12.8. The van der Waals surface area contributed by atoms with E-state index in [1.807, 2.05) is 24.3 Å². The van der Waals surface area contributed by atoms with Crippen molar-refractivity contribution in [2.75, 3.05) is 4.90 Å². The van der Waals surface area contributed by atoms with Crippen LogP contribution in [0.5, 0.6) is 0 Å². The number of amides is 2. The van der Waals surface area contributed by atoms with Gasteiger partial charge in [0, 0.05) is 23.4 Å². The molecule has 126 valence electrons. The van der Waals surface area contributed by atoms with E-state index in [1.165, 1.54) is 38.5 Å². The van der Waals surface area contributed by atoms with Gasteiger partial charge in [-0.3, -0.25) is 9.59 Å². The van der Waals surface area contributed by atoms with Crippen molar-refractivity contribution in [3.05, 3.63) is 82.4 Å². The van der Waals surface area contributed by atoms with Gasteiger partial charge in [0.15, 0.2) is 5.13 Å². The van der Waals surface area contributed by atoms with Gasteiger partial charge in [0.25, 0.3) is 0 Å². The largest absolute Gasteiger partial charge is 0.274 e. The van der Waals surface area contributed by atoms with Gasteiger partial charge in [-0.1, -0.05) is 48.5 Å². The summed E-state index contributed by atoms with van der Waals surface area (Å²) in [5.41, 5.74) is 4.78. The van der Waals surface area contributed by atoms with Gasteiger partial charge >= 0.3 is 0 Å². The summed E-state index contributed by atoms with van der Waals surface area (Å²) in [5, 5.41) is 2.29. The molecule has 1 fully saturated rings. The lowest BCUT2D eigenvalue weighted by Crippen LogP contribution is -2.41. The average molecular weight is 358 g/mol. The quantitative estimate of drug-likeness (QED) is 0.625. The van der Waals surface area contributed by atoms with Crippen LogP contribution >= 0.6 is 11.3 Å². The van der Waals surface area contributed by atoms with E-state index in [0.29, 0.717) is 5.13 Å². The van der Waals surface area contributed by atoms with Crippen LogP contribution in [0, 0.1) is 11.8 Å². The zero-order valence-corrected chi connectivity index (χ0v) is 14.5. The van der Waals surface area contributed by atoms with E-state index in [9.17, 15) is 9.59 Å². The summed E-state index contributed by atoms with van der Waals surface area (Å²) >= 11 is 1.34. The molecule has 0 N–H and O–H groups in total. The summed E-state index contributed by atoms with van der Waals surface area (Å²) in [5.74, 6) is -0.983. The van der Waals surface area contributed by atoms with Gasteiger partial charge in [-0.25, -0.2) is 9.88 Å². The van der Waals surface area contributed by atoms with E-state index in [-0.39, 0.29) is 35.5 Å². The van der Waals surface area contributed by atoms with Gasteiger partial charge in [0.1, 0.15) is 0 Å². The maximum atomic E-state index is 13.3. The van der Waals surface area contributed by atoms with Crippen LogP contribution in [0.1, 0.15) is 34.1 Å². The van der Waals surface area contributed by atoms with E-state index in [0.717, 1.165) is 0 Å². The number of carbonyl (C=O) groups is 2. The fourth-order valence-corrected chi connectivity index (χ4v) is 5.84. The Labute approximate surface area is 154 Å².